The Bertz CT molecular complexity index is 453. The van der Waals surface area contributed by atoms with Gasteiger partial charge in [0.05, 0.1) is 0 Å². The summed E-state index contributed by atoms with van der Waals surface area (Å²) in [6, 6.07) is 7.86. The monoisotopic (exact) mass is 289 g/mol. The predicted octanol–water partition coefficient (Wildman–Crippen LogP) is 4.92. The summed E-state index contributed by atoms with van der Waals surface area (Å²) in [4.78, 5) is 1.47. The third kappa shape index (κ3) is 4.02. The third-order valence-corrected chi connectivity index (χ3v) is 5.95. The molecule has 2 aliphatic rings. The Morgan fingerprint density at radius 1 is 1.20 bits per heavy atom. The van der Waals surface area contributed by atoms with Crippen LogP contribution in [0.2, 0.25) is 0 Å². The summed E-state index contributed by atoms with van der Waals surface area (Å²) in [7, 11) is 0. The molecule has 2 saturated carbocycles. The van der Waals surface area contributed by atoms with Crippen LogP contribution in [0.1, 0.15) is 56.6 Å². The number of thioether (sulfide) groups is 1. The van der Waals surface area contributed by atoms with E-state index in [2.05, 4.69) is 49.1 Å². The molecule has 2 unspecified atom stereocenters. The van der Waals surface area contributed by atoms with Crippen LogP contribution >= 0.6 is 11.8 Å². The molecular formula is C18H27NS. The van der Waals surface area contributed by atoms with Crippen molar-refractivity contribution in [3.8, 4) is 0 Å². The molecule has 2 heteroatoms. The number of hydrogen-bond acceptors (Lipinski definition) is 2. The van der Waals surface area contributed by atoms with E-state index in [-0.39, 0.29) is 0 Å². The maximum Gasteiger partial charge on any atom is 0.0210 e. The van der Waals surface area contributed by atoms with E-state index in [1.165, 1.54) is 54.5 Å². The molecule has 110 valence electrons. The highest BCUT2D eigenvalue weighted by atomic mass is 32.2. The van der Waals surface area contributed by atoms with Crippen molar-refractivity contribution in [3.05, 3.63) is 29.3 Å². The van der Waals surface area contributed by atoms with Gasteiger partial charge in [-0.2, -0.15) is 0 Å². The highest BCUT2D eigenvalue weighted by Crippen LogP contribution is 2.36. The molecule has 1 N–H and O–H groups in total. The lowest BCUT2D eigenvalue weighted by Crippen LogP contribution is -2.16. The second kappa shape index (κ2) is 6.53. The number of hydrogen-bond donors (Lipinski definition) is 1. The average molecular weight is 289 g/mol. The van der Waals surface area contributed by atoms with E-state index in [1.807, 2.05) is 0 Å². The minimum absolute atomic E-state index is 0.798. The van der Waals surface area contributed by atoms with Crippen molar-refractivity contribution >= 4 is 11.8 Å². The summed E-state index contributed by atoms with van der Waals surface area (Å²) in [5, 5.41) is 4.45. The Balaban J connectivity index is 1.57. The maximum atomic E-state index is 3.61. The summed E-state index contributed by atoms with van der Waals surface area (Å²) >= 11 is 2.11. The summed E-state index contributed by atoms with van der Waals surface area (Å²) < 4.78 is 0. The van der Waals surface area contributed by atoms with Crippen LogP contribution < -0.4 is 5.32 Å². The van der Waals surface area contributed by atoms with E-state index in [1.54, 1.807) is 0 Å². The number of aryl methyl sites for hydroxylation is 1. The first kappa shape index (κ1) is 14.5. The quantitative estimate of drug-likeness (QED) is 0.826. The van der Waals surface area contributed by atoms with Crippen LogP contribution in [-0.2, 0) is 6.54 Å². The summed E-state index contributed by atoms with van der Waals surface area (Å²) in [6.07, 6.45) is 8.39. The predicted molar refractivity (Wildman–Crippen MR) is 88.3 cm³/mol. The Labute approximate surface area is 127 Å². The zero-order chi connectivity index (χ0) is 13.9. The molecule has 2 fully saturated rings. The Morgan fingerprint density at radius 3 is 2.75 bits per heavy atom. The molecule has 0 aromatic heterocycles. The fourth-order valence-electron chi connectivity index (χ4n) is 3.16. The average Bonchev–Trinajstić information content (AvgIpc) is 3.22. The molecule has 0 radical (unpaired) electrons. The standard InChI is InChI=1S/C18H27NS/c1-13-4-3-5-17(10-13)20-18-9-6-15(14(2)11-18)12-19-16-7-8-16/h6,9,11,13,16-17,19H,3-5,7-8,10,12H2,1-2H3. The van der Waals surface area contributed by atoms with Crippen molar-refractivity contribution in [2.45, 2.75) is 75.1 Å². The highest BCUT2D eigenvalue weighted by molar-refractivity contribution is 8.00. The molecular weight excluding hydrogens is 262 g/mol. The topological polar surface area (TPSA) is 12.0 Å². The van der Waals surface area contributed by atoms with Gasteiger partial charge in [-0.3, -0.25) is 0 Å². The number of rotatable bonds is 5. The van der Waals surface area contributed by atoms with Crippen molar-refractivity contribution in [3.63, 3.8) is 0 Å². The molecule has 0 saturated heterocycles. The fourth-order valence-corrected chi connectivity index (χ4v) is 4.65. The fraction of sp³-hybridized carbons (Fsp3) is 0.667. The van der Waals surface area contributed by atoms with Crippen LogP contribution in [0.5, 0.6) is 0 Å². The SMILES string of the molecule is Cc1cc(SC2CCCC(C)C2)ccc1CNC1CC1. The van der Waals surface area contributed by atoms with Crippen molar-refractivity contribution in [2.24, 2.45) is 5.92 Å². The first-order chi connectivity index (χ1) is 9.70. The smallest absolute Gasteiger partial charge is 0.0210 e. The molecule has 0 spiro atoms. The van der Waals surface area contributed by atoms with E-state index >= 15 is 0 Å². The van der Waals surface area contributed by atoms with E-state index < -0.39 is 0 Å². The lowest BCUT2D eigenvalue weighted by atomic mass is 9.91. The molecule has 1 aromatic rings. The van der Waals surface area contributed by atoms with Crippen LogP contribution in [0.4, 0.5) is 0 Å². The zero-order valence-electron chi connectivity index (χ0n) is 12.8. The molecule has 20 heavy (non-hydrogen) atoms. The largest absolute Gasteiger partial charge is 0.310 e. The van der Waals surface area contributed by atoms with Crippen LogP contribution in [0.25, 0.3) is 0 Å². The van der Waals surface area contributed by atoms with Gasteiger partial charge in [0.25, 0.3) is 0 Å². The maximum absolute atomic E-state index is 3.61. The second-order valence-electron chi connectivity index (χ2n) is 6.76. The van der Waals surface area contributed by atoms with Gasteiger partial charge in [0.2, 0.25) is 0 Å². The van der Waals surface area contributed by atoms with Crippen LogP contribution in [0, 0.1) is 12.8 Å². The van der Waals surface area contributed by atoms with Gasteiger partial charge in [0.15, 0.2) is 0 Å². The first-order valence-electron chi connectivity index (χ1n) is 8.20. The zero-order valence-corrected chi connectivity index (χ0v) is 13.6. The molecule has 0 heterocycles. The van der Waals surface area contributed by atoms with Gasteiger partial charge in [0.1, 0.15) is 0 Å². The summed E-state index contributed by atoms with van der Waals surface area (Å²) in [6.45, 7) is 5.71. The van der Waals surface area contributed by atoms with Gasteiger partial charge in [-0.15, -0.1) is 11.8 Å². The summed E-state index contributed by atoms with van der Waals surface area (Å²) in [5.41, 5.74) is 2.92. The van der Waals surface area contributed by atoms with Gasteiger partial charge in [-0.1, -0.05) is 25.8 Å². The van der Waals surface area contributed by atoms with Crippen molar-refractivity contribution in [1.29, 1.82) is 0 Å². The lowest BCUT2D eigenvalue weighted by Gasteiger charge is -2.26. The van der Waals surface area contributed by atoms with Crippen molar-refractivity contribution in [2.75, 3.05) is 0 Å². The minimum atomic E-state index is 0.798. The Morgan fingerprint density at radius 2 is 2.05 bits per heavy atom. The second-order valence-corrected chi connectivity index (χ2v) is 8.13. The minimum Gasteiger partial charge on any atom is -0.310 e. The normalized spacial score (nSPS) is 26.7. The van der Waals surface area contributed by atoms with Gasteiger partial charge in [0, 0.05) is 22.7 Å². The third-order valence-electron chi connectivity index (χ3n) is 4.66. The molecule has 1 nitrogen and oxygen atoms in total. The number of nitrogens with one attached hydrogen (secondary N) is 1. The van der Waals surface area contributed by atoms with E-state index in [9.17, 15) is 0 Å². The molecule has 2 atom stereocenters. The Kier molecular flexibility index (Phi) is 4.72. The first-order valence-corrected chi connectivity index (χ1v) is 9.08. The molecule has 0 aliphatic heterocycles. The van der Waals surface area contributed by atoms with Gasteiger partial charge >= 0.3 is 0 Å². The van der Waals surface area contributed by atoms with E-state index in [0.717, 1.165) is 23.8 Å². The van der Waals surface area contributed by atoms with Crippen LogP contribution in [-0.4, -0.2) is 11.3 Å². The Hall–Kier alpha value is -0.470. The van der Waals surface area contributed by atoms with Crippen LogP contribution in [0.3, 0.4) is 0 Å². The number of benzene rings is 1. The van der Waals surface area contributed by atoms with Gasteiger partial charge in [-0.05, 0) is 61.8 Å². The van der Waals surface area contributed by atoms with E-state index in [0.29, 0.717) is 0 Å². The molecule has 1 aromatic carbocycles. The molecule has 0 amide bonds. The molecule has 0 bridgehead atoms. The summed E-state index contributed by atoms with van der Waals surface area (Å²) in [5.74, 6) is 0.921. The highest BCUT2D eigenvalue weighted by Gasteiger charge is 2.21. The van der Waals surface area contributed by atoms with Crippen LogP contribution in [0.15, 0.2) is 23.1 Å². The van der Waals surface area contributed by atoms with Gasteiger partial charge < -0.3 is 5.32 Å². The lowest BCUT2D eigenvalue weighted by molar-refractivity contribution is 0.394. The van der Waals surface area contributed by atoms with Gasteiger partial charge in [-0.25, -0.2) is 0 Å². The van der Waals surface area contributed by atoms with Crippen molar-refractivity contribution < 1.29 is 0 Å². The molecule has 2 aliphatic carbocycles. The molecule has 3 rings (SSSR count). The van der Waals surface area contributed by atoms with E-state index in [4.69, 9.17) is 0 Å². The van der Waals surface area contributed by atoms with Crippen molar-refractivity contribution in [1.82, 2.24) is 5.32 Å².